The van der Waals surface area contributed by atoms with Gasteiger partial charge in [-0.25, -0.2) is 4.79 Å². The van der Waals surface area contributed by atoms with Crippen molar-refractivity contribution in [2.24, 2.45) is 5.73 Å². The average molecular weight is 843 g/mol. The normalized spacial score (nSPS) is 30.1. The third-order valence-corrected chi connectivity index (χ3v) is 11.2. The summed E-state index contributed by atoms with van der Waals surface area (Å²) < 4.78 is 28.4. The number of aryl methyl sites for hydroxylation is 1. The summed E-state index contributed by atoms with van der Waals surface area (Å²) in [5.41, 5.74) is 2.38. The molecule has 21 heteroatoms. The standard InChI is InChI=1S/C39H42N2O19/c1-10-4-16-23(30(49)20(10)36(53)41-17(8-42)37(54)55)22-14(7-15-24(31(22)50)27(46)13-5-12(56-3)6-18(43)21(13)26(15)45)28(47)34(16)59-39-33(52)35(25(40)11(2)58-39)60-38-32(51)29(48)19(44)9-57-38/h4-7,11,17,19,25,28-29,32-35,38-39,42-44,47-52H,8-9,40H2,1-3H3,(H,41,53)(H,54,55)/t11?,17-,19?,25?,28+,29?,32?,33?,34+,35?,38?,39?/m1/s1. The highest BCUT2D eigenvalue weighted by atomic mass is 16.7. The summed E-state index contributed by atoms with van der Waals surface area (Å²) in [5, 5.41) is 110. The van der Waals surface area contributed by atoms with Gasteiger partial charge >= 0.3 is 5.97 Å². The molecule has 2 heterocycles. The van der Waals surface area contributed by atoms with E-state index in [2.05, 4.69) is 5.32 Å². The van der Waals surface area contributed by atoms with Crippen molar-refractivity contribution < 1.29 is 93.9 Å². The Morgan fingerprint density at radius 1 is 0.867 bits per heavy atom. The zero-order chi connectivity index (χ0) is 43.8. The highest BCUT2D eigenvalue weighted by Gasteiger charge is 2.51. The van der Waals surface area contributed by atoms with Crippen LogP contribution in [-0.4, -0.2) is 156 Å². The van der Waals surface area contributed by atoms with Crippen LogP contribution in [-0.2, 0) is 23.7 Å². The Morgan fingerprint density at radius 2 is 1.52 bits per heavy atom. The van der Waals surface area contributed by atoms with Crippen LogP contribution in [0.5, 0.6) is 23.0 Å². The number of rotatable bonds is 9. The molecule has 2 fully saturated rings. The summed E-state index contributed by atoms with van der Waals surface area (Å²) in [6, 6.07) is 1.56. The Bertz CT molecular complexity index is 2280. The van der Waals surface area contributed by atoms with Crippen LogP contribution in [0.4, 0.5) is 0 Å². The lowest BCUT2D eigenvalue weighted by Gasteiger charge is -2.46. The summed E-state index contributed by atoms with van der Waals surface area (Å²) in [6.45, 7) is 1.33. The maximum atomic E-state index is 14.1. The Morgan fingerprint density at radius 3 is 2.17 bits per heavy atom. The molecule has 60 heavy (non-hydrogen) atoms. The number of amides is 1. The number of aliphatic carboxylic acids is 1. The van der Waals surface area contributed by atoms with Gasteiger partial charge in [0.1, 0.15) is 65.7 Å². The van der Waals surface area contributed by atoms with Gasteiger partial charge in [-0.2, -0.15) is 0 Å². The van der Waals surface area contributed by atoms with Crippen LogP contribution in [0.25, 0.3) is 11.1 Å². The fourth-order valence-electron chi connectivity index (χ4n) is 8.01. The average Bonchev–Trinajstić information content (AvgIpc) is 3.20. The zero-order valence-electron chi connectivity index (χ0n) is 31.9. The Balaban J connectivity index is 1.37. The molecule has 13 N–H and O–H groups in total. The van der Waals surface area contributed by atoms with Gasteiger partial charge in [0.2, 0.25) is 0 Å². The smallest absolute Gasteiger partial charge is 0.328 e. The lowest BCUT2D eigenvalue weighted by Crippen LogP contribution is -2.64. The van der Waals surface area contributed by atoms with Gasteiger partial charge < -0.3 is 85.8 Å². The first-order valence-electron chi connectivity index (χ1n) is 18.5. The highest BCUT2D eigenvalue weighted by Crippen LogP contribution is 2.57. The molecule has 21 nitrogen and oxygen atoms in total. The number of carbonyl (C=O) groups excluding carboxylic acids is 3. The predicted molar refractivity (Wildman–Crippen MR) is 197 cm³/mol. The molecule has 2 saturated heterocycles. The SMILES string of the molecule is COc1cc(O)c2c(c1)C(=O)c1c(cc3c(c1O)-c1c(cc(C)c(C(=O)N[C@H](CO)C(=O)O)c1O)[C@H](OC1OC(C)C(N)C(OC4OCC(O)C(O)C4O)C1O)[C@H]3O)C2=O. The van der Waals surface area contributed by atoms with Crippen molar-refractivity contribution in [3.8, 4) is 34.1 Å². The molecule has 1 amide bonds. The van der Waals surface area contributed by atoms with Crippen molar-refractivity contribution in [1.29, 1.82) is 0 Å². The topological polar surface area (TPSA) is 355 Å². The van der Waals surface area contributed by atoms with Gasteiger partial charge in [0.05, 0.1) is 49.2 Å². The van der Waals surface area contributed by atoms with E-state index in [4.69, 9.17) is 29.4 Å². The maximum absolute atomic E-state index is 14.1. The van der Waals surface area contributed by atoms with Crippen LogP contribution in [0.2, 0.25) is 0 Å². The van der Waals surface area contributed by atoms with Crippen LogP contribution >= 0.6 is 0 Å². The first kappa shape index (κ1) is 42.8. The summed E-state index contributed by atoms with van der Waals surface area (Å²) in [7, 11) is 1.25. The number of hydrogen-bond acceptors (Lipinski definition) is 19. The maximum Gasteiger partial charge on any atom is 0.328 e. The molecular weight excluding hydrogens is 800 g/mol. The van der Waals surface area contributed by atoms with Gasteiger partial charge in [0, 0.05) is 28.3 Å². The van der Waals surface area contributed by atoms with E-state index in [9.17, 15) is 70.2 Å². The number of ether oxygens (including phenoxy) is 5. The second-order valence-corrected chi connectivity index (χ2v) is 14.9. The number of carboxylic acids is 1. The molecule has 9 unspecified atom stereocenters. The van der Waals surface area contributed by atoms with E-state index in [1.54, 1.807) is 0 Å². The number of phenols is 3. The monoisotopic (exact) mass is 842 g/mol. The lowest BCUT2D eigenvalue weighted by atomic mass is 9.74. The Hall–Kier alpha value is -5.30. The van der Waals surface area contributed by atoms with E-state index in [0.717, 1.165) is 12.1 Å². The summed E-state index contributed by atoms with van der Waals surface area (Å²) in [5.74, 6) is -7.24. The number of fused-ring (bicyclic) bond motifs is 5. The second-order valence-electron chi connectivity index (χ2n) is 14.9. The molecular formula is C39H42N2O19. The second kappa shape index (κ2) is 15.9. The number of hydrogen-bond donors (Lipinski definition) is 12. The number of nitrogens with two attached hydrogens (primary N) is 1. The number of aromatic hydroxyl groups is 3. The van der Waals surface area contributed by atoms with Crippen LogP contribution in [0.1, 0.15) is 78.0 Å². The van der Waals surface area contributed by atoms with Gasteiger partial charge in [0.15, 0.2) is 30.2 Å². The summed E-state index contributed by atoms with van der Waals surface area (Å²) >= 11 is 0. The van der Waals surface area contributed by atoms with Crippen molar-refractivity contribution in [2.75, 3.05) is 20.3 Å². The number of carboxylic acid groups (broad SMARTS) is 1. The zero-order valence-corrected chi connectivity index (χ0v) is 31.9. The number of aliphatic hydroxyl groups excluding tert-OH is 6. The number of carbonyl (C=O) groups is 4. The first-order valence-corrected chi connectivity index (χ1v) is 18.5. The van der Waals surface area contributed by atoms with Crippen molar-refractivity contribution in [3.63, 3.8) is 0 Å². The molecule has 12 atom stereocenters. The molecule has 0 radical (unpaired) electrons. The van der Waals surface area contributed by atoms with E-state index < -0.39 is 161 Å². The van der Waals surface area contributed by atoms with Gasteiger partial charge in [-0.15, -0.1) is 0 Å². The van der Waals surface area contributed by atoms with E-state index in [1.165, 1.54) is 33.1 Å². The number of ketones is 2. The van der Waals surface area contributed by atoms with Crippen molar-refractivity contribution in [3.05, 3.63) is 68.8 Å². The van der Waals surface area contributed by atoms with Gasteiger partial charge in [0.25, 0.3) is 5.91 Å². The van der Waals surface area contributed by atoms with Crippen molar-refractivity contribution in [1.82, 2.24) is 5.32 Å². The molecule has 2 aliphatic carbocycles. The van der Waals surface area contributed by atoms with Crippen molar-refractivity contribution >= 4 is 23.4 Å². The highest BCUT2D eigenvalue weighted by molar-refractivity contribution is 6.31. The molecule has 0 bridgehead atoms. The molecule has 4 aliphatic rings. The number of aliphatic hydroxyl groups is 6. The lowest BCUT2D eigenvalue weighted by molar-refractivity contribution is -0.337. The quantitative estimate of drug-likeness (QED) is 0.0875. The van der Waals surface area contributed by atoms with E-state index in [1.807, 2.05) is 0 Å². The van der Waals surface area contributed by atoms with E-state index in [-0.39, 0.29) is 28.0 Å². The van der Waals surface area contributed by atoms with Crippen LogP contribution in [0.15, 0.2) is 24.3 Å². The van der Waals surface area contributed by atoms with E-state index >= 15 is 0 Å². The largest absolute Gasteiger partial charge is 0.507 e. The van der Waals surface area contributed by atoms with Crippen LogP contribution < -0.4 is 15.8 Å². The molecule has 7 rings (SSSR count). The van der Waals surface area contributed by atoms with Crippen LogP contribution in [0.3, 0.4) is 0 Å². The molecule has 2 aliphatic heterocycles. The number of nitrogens with one attached hydrogen (secondary N) is 1. The molecule has 0 saturated carbocycles. The number of phenolic OH excluding ortho intramolecular Hbond substituents is 3. The minimum absolute atomic E-state index is 0.00533. The summed E-state index contributed by atoms with van der Waals surface area (Å²) in [6.07, 6.45) is -16.2. The fourth-order valence-corrected chi connectivity index (χ4v) is 8.01. The number of benzene rings is 3. The third kappa shape index (κ3) is 6.82. The third-order valence-electron chi connectivity index (χ3n) is 11.2. The first-order chi connectivity index (χ1) is 28.3. The van der Waals surface area contributed by atoms with Gasteiger partial charge in [-0.05, 0) is 42.7 Å². The molecule has 3 aromatic rings. The Kier molecular flexibility index (Phi) is 11.4. The van der Waals surface area contributed by atoms with Crippen molar-refractivity contribution in [2.45, 2.75) is 87.3 Å². The molecule has 322 valence electrons. The van der Waals surface area contributed by atoms with Crippen LogP contribution in [0, 0.1) is 6.92 Å². The summed E-state index contributed by atoms with van der Waals surface area (Å²) in [4.78, 5) is 53.3. The minimum atomic E-state index is -1.94. The predicted octanol–water partition coefficient (Wildman–Crippen LogP) is -1.90. The minimum Gasteiger partial charge on any atom is -0.507 e. The molecule has 0 aromatic heterocycles. The van der Waals surface area contributed by atoms with E-state index in [0.29, 0.717) is 0 Å². The number of methoxy groups -OCH3 is 1. The Labute approximate surface area is 338 Å². The molecule has 0 spiro atoms. The molecule has 3 aromatic carbocycles. The van der Waals surface area contributed by atoms with Gasteiger partial charge in [-0.1, -0.05) is 6.07 Å². The van der Waals surface area contributed by atoms with Gasteiger partial charge in [-0.3, -0.25) is 14.4 Å². The fraction of sp³-hybridized carbons (Fsp3) is 0.436.